The minimum atomic E-state index is -0.649. The van der Waals surface area contributed by atoms with Crippen LogP contribution in [0.4, 0.5) is 0 Å². The van der Waals surface area contributed by atoms with Gasteiger partial charge in [0.05, 0.1) is 19.9 Å². The molecule has 4 N–H and O–H groups in total. The lowest BCUT2D eigenvalue weighted by molar-refractivity contribution is 0.0952. The molecule has 0 radical (unpaired) electrons. The average Bonchev–Trinajstić information content (AvgIpc) is 2.53. The summed E-state index contributed by atoms with van der Waals surface area (Å²) in [6.07, 6.45) is 0. The second-order valence-corrected chi connectivity index (χ2v) is 4.15. The third kappa shape index (κ3) is 2.87. The molecular formula is C14H15N3O4. The van der Waals surface area contributed by atoms with Crippen molar-refractivity contribution in [3.05, 3.63) is 46.2 Å². The van der Waals surface area contributed by atoms with Crippen molar-refractivity contribution >= 4 is 5.91 Å². The third-order valence-corrected chi connectivity index (χ3v) is 2.98. The molecule has 0 atom stereocenters. The van der Waals surface area contributed by atoms with Crippen LogP contribution in [0.1, 0.15) is 10.4 Å². The van der Waals surface area contributed by atoms with Crippen molar-refractivity contribution in [2.75, 3.05) is 14.2 Å². The SMILES string of the molecule is COc1ccc(-c2ccc(C(=O)NN)c(=O)[nH]2)c(OC)c1. The van der Waals surface area contributed by atoms with Crippen molar-refractivity contribution in [2.24, 2.45) is 5.84 Å². The number of rotatable bonds is 4. The molecule has 0 saturated carbocycles. The number of H-pyrrole nitrogens is 1. The molecule has 21 heavy (non-hydrogen) atoms. The molecule has 0 unspecified atom stereocenters. The molecule has 1 amide bonds. The number of aromatic amines is 1. The number of carbonyl (C=O) groups is 1. The summed E-state index contributed by atoms with van der Waals surface area (Å²) in [5, 5.41) is 0. The van der Waals surface area contributed by atoms with Crippen LogP contribution in [0, 0.1) is 0 Å². The number of pyridine rings is 1. The predicted octanol–water partition coefficient (Wildman–Crippen LogP) is 0.663. The predicted molar refractivity (Wildman–Crippen MR) is 77.3 cm³/mol. The fourth-order valence-electron chi connectivity index (χ4n) is 1.91. The maximum absolute atomic E-state index is 11.9. The molecule has 0 saturated heterocycles. The Morgan fingerprint density at radius 3 is 2.52 bits per heavy atom. The van der Waals surface area contributed by atoms with E-state index in [0.717, 1.165) is 0 Å². The van der Waals surface area contributed by atoms with Gasteiger partial charge in [-0.2, -0.15) is 0 Å². The molecule has 7 nitrogen and oxygen atoms in total. The fourth-order valence-corrected chi connectivity index (χ4v) is 1.91. The quantitative estimate of drug-likeness (QED) is 0.435. The summed E-state index contributed by atoms with van der Waals surface area (Å²) >= 11 is 0. The van der Waals surface area contributed by atoms with E-state index in [2.05, 4.69) is 4.98 Å². The Labute approximate surface area is 120 Å². The normalized spacial score (nSPS) is 10.0. The molecule has 7 heteroatoms. The van der Waals surface area contributed by atoms with Crippen LogP contribution in [0.3, 0.4) is 0 Å². The van der Waals surface area contributed by atoms with Gasteiger partial charge in [-0.15, -0.1) is 0 Å². The molecule has 0 aliphatic rings. The number of carbonyl (C=O) groups excluding carboxylic acids is 1. The van der Waals surface area contributed by atoms with Gasteiger partial charge in [-0.05, 0) is 24.3 Å². The first-order valence-electron chi connectivity index (χ1n) is 6.07. The number of nitrogens with one attached hydrogen (secondary N) is 2. The van der Waals surface area contributed by atoms with E-state index in [9.17, 15) is 9.59 Å². The van der Waals surface area contributed by atoms with E-state index in [1.165, 1.54) is 13.2 Å². The van der Waals surface area contributed by atoms with E-state index >= 15 is 0 Å². The van der Waals surface area contributed by atoms with Crippen molar-refractivity contribution in [2.45, 2.75) is 0 Å². The molecule has 2 aromatic rings. The van der Waals surface area contributed by atoms with E-state index in [1.807, 2.05) is 5.43 Å². The number of amides is 1. The molecular weight excluding hydrogens is 274 g/mol. The van der Waals surface area contributed by atoms with Gasteiger partial charge in [0.2, 0.25) is 0 Å². The van der Waals surface area contributed by atoms with E-state index in [-0.39, 0.29) is 5.56 Å². The van der Waals surface area contributed by atoms with Crippen LogP contribution < -0.4 is 26.3 Å². The monoisotopic (exact) mass is 289 g/mol. The average molecular weight is 289 g/mol. The van der Waals surface area contributed by atoms with Gasteiger partial charge in [0.15, 0.2) is 0 Å². The number of hydrogen-bond donors (Lipinski definition) is 3. The van der Waals surface area contributed by atoms with Crippen LogP contribution in [0.5, 0.6) is 11.5 Å². The van der Waals surface area contributed by atoms with Crippen LogP contribution in [0.15, 0.2) is 35.1 Å². The lowest BCUT2D eigenvalue weighted by atomic mass is 10.1. The number of nitrogens with two attached hydrogens (primary N) is 1. The molecule has 1 aromatic heterocycles. The number of hydrazine groups is 1. The van der Waals surface area contributed by atoms with Gasteiger partial charge in [0.1, 0.15) is 17.1 Å². The number of hydrogen-bond acceptors (Lipinski definition) is 5. The Hall–Kier alpha value is -2.80. The van der Waals surface area contributed by atoms with Crippen molar-refractivity contribution in [3.8, 4) is 22.8 Å². The first-order valence-corrected chi connectivity index (χ1v) is 6.07. The largest absolute Gasteiger partial charge is 0.497 e. The minimum Gasteiger partial charge on any atom is -0.497 e. The molecule has 2 rings (SSSR count). The minimum absolute atomic E-state index is 0.0614. The van der Waals surface area contributed by atoms with Crippen LogP contribution in [-0.2, 0) is 0 Å². The standard InChI is InChI=1S/C14H15N3O4/c1-20-8-3-4-9(12(7-8)21-2)11-6-5-10(13(18)16-11)14(19)17-15/h3-7H,15H2,1-2H3,(H,16,18)(H,17,19). The van der Waals surface area contributed by atoms with E-state index in [4.69, 9.17) is 15.3 Å². The van der Waals surface area contributed by atoms with Crippen LogP contribution in [0.25, 0.3) is 11.3 Å². The zero-order chi connectivity index (χ0) is 15.4. The van der Waals surface area contributed by atoms with Gasteiger partial charge in [-0.1, -0.05) is 0 Å². The number of aromatic nitrogens is 1. The van der Waals surface area contributed by atoms with Crippen molar-refractivity contribution in [3.63, 3.8) is 0 Å². The Morgan fingerprint density at radius 2 is 1.95 bits per heavy atom. The lowest BCUT2D eigenvalue weighted by Gasteiger charge is -2.10. The highest BCUT2D eigenvalue weighted by Gasteiger charge is 2.12. The second-order valence-electron chi connectivity index (χ2n) is 4.15. The zero-order valence-corrected chi connectivity index (χ0v) is 11.6. The summed E-state index contributed by atoms with van der Waals surface area (Å²) in [6.45, 7) is 0. The second kappa shape index (κ2) is 6.10. The smallest absolute Gasteiger partial charge is 0.270 e. The van der Waals surface area contributed by atoms with Crippen molar-refractivity contribution < 1.29 is 14.3 Å². The highest BCUT2D eigenvalue weighted by atomic mass is 16.5. The van der Waals surface area contributed by atoms with Crippen LogP contribution in [0.2, 0.25) is 0 Å². The van der Waals surface area contributed by atoms with Gasteiger partial charge in [0.25, 0.3) is 11.5 Å². The topological polar surface area (TPSA) is 106 Å². The number of methoxy groups -OCH3 is 2. The van der Waals surface area contributed by atoms with Gasteiger partial charge in [-0.3, -0.25) is 15.0 Å². The Balaban J connectivity index is 2.50. The zero-order valence-electron chi connectivity index (χ0n) is 11.6. The summed E-state index contributed by atoms with van der Waals surface area (Å²) in [5.74, 6) is 5.54. The summed E-state index contributed by atoms with van der Waals surface area (Å²) in [4.78, 5) is 25.9. The van der Waals surface area contributed by atoms with Crippen LogP contribution in [-0.4, -0.2) is 25.1 Å². The molecule has 1 heterocycles. The van der Waals surface area contributed by atoms with Crippen LogP contribution >= 0.6 is 0 Å². The molecule has 0 bridgehead atoms. The molecule has 0 fully saturated rings. The van der Waals surface area contributed by atoms with Crippen molar-refractivity contribution in [1.29, 1.82) is 0 Å². The van der Waals surface area contributed by atoms with E-state index in [0.29, 0.717) is 22.8 Å². The summed E-state index contributed by atoms with van der Waals surface area (Å²) in [6, 6.07) is 8.22. The summed E-state index contributed by atoms with van der Waals surface area (Å²) in [7, 11) is 3.07. The third-order valence-electron chi connectivity index (χ3n) is 2.98. The number of benzene rings is 1. The highest BCUT2D eigenvalue weighted by Crippen LogP contribution is 2.31. The van der Waals surface area contributed by atoms with Gasteiger partial charge in [0, 0.05) is 11.6 Å². The lowest BCUT2D eigenvalue weighted by Crippen LogP contribution is -2.34. The molecule has 110 valence electrons. The Morgan fingerprint density at radius 1 is 1.19 bits per heavy atom. The molecule has 1 aromatic carbocycles. The van der Waals surface area contributed by atoms with Crippen molar-refractivity contribution in [1.82, 2.24) is 10.4 Å². The Bertz CT molecular complexity index is 724. The molecule has 0 aliphatic heterocycles. The molecule has 0 aliphatic carbocycles. The van der Waals surface area contributed by atoms with Gasteiger partial charge < -0.3 is 14.5 Å². The maximum Gasteiger partial charge on any atom is 0.270 e. The first kappa shape index (κ1) is 14.6. The highest BCUT2D eigenvalue weighted by molar-refractivity contribution is 5.93. The summed E-state index contributed by atoms with van der Waals surface area (Å²) < 4.78 is 10.4. The number of nitrogen functional groups attached to an aromatic ring is 1. The maximum atomic E-state index is 11.9. The van der Waals surface area contributed by atoms with Gasteiger partial charge in [-0.25, -0.2) is 5.84 Å². The Kier molecular flexibility index (Phi) is 4.24. The summed E-state index contributed by atoms with van der Waals surface area (Å²) in [5.41, 5.74) is 2.52. The van der Waals surface area contributed by atoms with Gasteiger partial charge >= 0.3 is 0 Å². The van der Waals surface area contributed by atoms with E-state index in [1.54, 1.807) is 31.4 Å². The number of ether oxygens (including phenoxy) is 2. The van der Waals surface area contributed by atoms with E-state index < -0.39 is 11.5 Å². The first-order chi connectivity index (χ1) is 10.1. The molecule has 0 spiro atoms. The fraction of sp³-hybridized carbons (Fsp3) is 0.143.